The molecule has 0 bridgehead atoms. The van der Waals surface area contributed by atoms with Gasteiger partial charge in [-0.2, -0.15) is 0 Å². The maximum absolute atomic E-state index is 10.3. The zero-order chi connectivity index (χ0) is 14.3. The average molecular weight is 276 g/mol. The summed E-state index contributed by atoms with van der Waals surface area (Å²) < 4.78 is 5.66. The van der Waals surface area contributed by atoms with E-state index in [1.165, 1.54) is 11.1 Å². The third kappa shape index (κ3) is 2.22. The molecular formula is C16H24N2O2. The lowest BCUT2D eigenvalue weighted by atomic mass is 9.97. The number of aryl methyl sites for hydroxylation is 1. The number of fused-ring (bicyclic) bond motifs is 1. The molecule has 0 radical (unpaired) electrons. The van der Waals surface area contributed by atoms with Crippen LogP contribution >= 0.6 is 0 Å². The largest absolute Gasteiger partial charge is 0.508 e. The molecule has 0 aromatic heterocycles. The summed E-state index contributed by atoms with van der Waals surface area (Å²) in [6.45, 7) is 7.47. The highest BCUT2D eigenvalue weighted by atomic mass is 16.5. The van der Waals surface area contributed by atoms with Crippen molar-refractivity contribution >= 4 is 0 Å². The van der Waals surface area contributed by atoms with E-state index in [9.17, 15) is 5.11 Å². The van der Waals surface area contributed by atoms with Gasteiger partial charge >= 0.3 is 0 Å². The summed E-state index contributed by atoms with van der Waals surface area (Å²) in [7, 11) is 0. The van der Waals surface area contributed by atoms with E-state index in [-0.39, 0.29) is 6.10 Å². The van der Waals surface area contributed by atoms with Gasteiger partial charge in [-0.1, -0.05) is 13.0 Å². The Labute approximate surface area is 120 Å². The van der Waals surface area contributed by atoms with Crippen LogP contribution < -0.4 is 5.73 Å². The molecule has 3 unspecified atom stereocenters. The number of nitrogens with two attached hydrogens (primary N) is 1. The number of hydrogen-bond donors (Lipinski definition) is 2. The number of phenols is 1. The monoisotopic (exact) mass is 276 g/mol. The first-order chi connectivity index (χ1) is 9.61. The van der Waals surface area contributed by atoms with Crippen molar-refractivity contribution in [1.29, 1.82) is 0 Å². The lowest BCUT2D eigenvalue weighted by molar-refractivity contribution is -0.0395. The second-order valence-corrected chi connectivity index (χ2v) is 6.10. The van der Waals surface area contributed by atoms with Gasteiger partial charge < -0.3 is 15.6 Å². The van der Waals surface area contributed by atoms with Crippen LogP contribution in [0.3, 0.4) is 0 Å². The van der Waals surface area contributed by atoms with Gasteiger partial charge in [-0.05, 0) is 36.5 Å². The van der Waals surface area contributed by atoms with Crippen LogP contribution in [0.15, 0.2) is 12.1 Å². The molecular weight excluding hydrogens is 252 g/mol. The fourth-order valence-electron chi connectivity index (χ4n) is 3.81. The minimum Gasteiger partial charge on any atom is -0.508 e. The summed E-state index contributed by atoms with van der Waals surface area (Å²) in [6.07, 6.45) is 1.19. The minimum absolute atomic E-state index is 0.120. The van der Waals surface area contributed by atoms with Crippen LogP contribution in [0.1, 0.15) is 42.0 Å². The van der Waals surface area contributed by atoms with E-state index >= 15 is 0 Å². The van der Waals surface area contributed by atoms with E-state index in [0.29, 0.717) is 24.3 Å². The van der Waals surface area contributed by atoms with Crippen LogP contribution in [0.25, 0.3) is 0 Å². The third-order valence-electron chi connectivity index (χ3n) is 4.76. The number of aromatic hydroxyl groups is 1. The number of nitrogens with zero attached hydrogens (tertiary/aromatic N) is 1. The first-order valence-corrected chi connectivity index (χ1v) is 7.50. The van der Waals surface area contributed by atoms with Gasteiger partial charge in [0.1, 0.15) is 5.75 Å². The Kier molecular flexibility index (Phi) is 3.71. The van der Waals surface area contributed by atoms with Crippen LogP contribution in [0.2, 0.25) is 0 Å². The van der Waals surface area contributed by atoms with Crippen molar-refractivity contribution in [2.75, 3.05) is 26.2 Å². The van der Waals surface area contributed by atoms with Crippen molar-refractivity contribution < 1.29 is 9.84 Å². The highest BCUT2D eigenvalue weighted by Gasteiger charge is 2.37. The second kappa shape index (κ2) is 5.35. The van der Waals surface area contributed by atoms with Gasteiger partial charge in [0.15, 0.2) is 0 Å². The molecule has 2 aliphatic rings. The summed E-state index contributed by atoms with van der Waals surface area (Å²) in [5.41, 5.74) is 9.50. The molecule has 1 heterocycles. The van der Waals surface area contributed by atoms with Crippen molar-refractivity contribution in [3.8, 4) is 5.75 Å². The molecule has 20 heavy (non-hydrogen) atoms. The molecule has 1 saturated heterocycles. The number of ether oxygens (including phenoxy) is 1. The Morgan fingerprint density at radius 3 is 2.95 bits per heavy atom. The summed E-state index contributed by atoms with van der Waals surface area (Å²) in [5.74, 6) is 0.942. The predicted octanol–water partition coefficient (Wildman–Crippen LogP) is 1.91. The quantitative estimate of drug-likeness (QED) is 0.866. The first kappa shape index (κ1) is 13.9. The molecule has 3 atom stereocenters. The summed E-state index contributed by atoms with van der Waals surface area (Å²) in [6, 6.07) is 4.16. The normalized spacial score (nSPS) is 30.4. The molecule has 1 aliphatic heterocycles. The molecule has 0 spiro atoms. The second-order valence-electron chi connectivity index (χ2n) is 6.10. The summed E-state index contributed by atoms with van der Waals surface area (Å²) in [5, 5.41) is 10.3. The molecule has 1 fully saturated rings. The van der Waals surface area contributed by atoms with Crippen molar-refractivity contribution in [3.63, 3.8) is 0 Å². The Bertz CT molecular complexity index is 503. The molecule has 0 amide bonds. The zero-order valence-electron chi connectivity index (χ0n) is 12.3. The van der Waals surface area contributed by atoms with Crippen LogP contribution in [0.4, 0.5) is 0 Å². The SMILES string of the molecule is Cc1ccc(O)c2c1C(C)CC2N1CCOC(CN)C1. The first-order valence-electron chi connectivity index (χ1n) is 7.50. The minimum atomic E-state index is 0.120. The van der Waals surface area contributed by atoms with Crippen LogP contribution in [0.5, 0.6) is 5.75 Å². The van der Waals surface area contributed by atoms with E-state index in [0.717, 1.165) is 31.7 Å². The van der Waals surface area contributed by atoms with Crippen molar-refractivity contribution in [2.45, 2.75) is 38.3 Å². The van der Waals surface area contributed by atoms with E-state index in [1.807, 2.05) is 12.1 Å². The average Bonchev–Trinajstić information content (AvgIpc) is 2.82. The van der Waals surface area contributed by atoms with Gasteiger partial charge in [0, 0.05) is 31.2 Å². The predicted molar refractivity (Wildman–Crippen MR) is 79.0 cm³/mol. The standard InChI is InChI=1S/C16H24N2O2/c1-10-3-4-14(19)16-13(7-11(2)15(10)16)18-5-6-20-12(8-17)9-18/h3-4,11-13,19H,5-9,17H2,1-2H3. The molecule has 4 heteroatoms. The molecule has 1 aromatic rings. The molecule has 110 valence electrons. The maximum atomic E-state index is 10.3. The molecule has 0 saturated carbocycles. The van der Waals surface area contributed by atoms with Crippen LogP contribution in [-0.2, 0) is 4.74 Å². The van der Waals surface area contributed by atoms with Crippen molar-refractivity contribution in [3.05, 3.63) is 28.8 Å². The van der Waals surface area contributed by atoms with Gasteiger partial charge in [0.25, 0.3) is 0 Å². The summed E-state index contributed by atoms with van der Waals surface area (Å²) >= 11 is 0. The number of hydrogen-bond acceptors (Lipinski definition) is 4. The molecule has 3 N–H and O–H groups in total. The Balaban J connectivity index is 1.93. The van der Waals surface area contributed by atoms with Gasteiger partial charge in [0.05, 0.1) is 12.7 Å². The molecule has 3 rings (SSSR count). The van der Waals surface area contributed by atoms with Gasteiger partial charge in [0.2, 0.25) is 0 Å². The van der Waals surface area contributed by atoms with Gasteiger partial charge in [-0.15, -0.1) is 0 Å². The number of morpholine rings is 1. The fourth-order valence-corrected chi connectivity index (χ4v) is 3.81. The summed E-state index contributed by atoms with van der Waals surface area (Å²) in [4.78, 5) is 2.43. The topological polar surface area (TPSA) is 58.7 Å². The van der Waals surface area contributed by atoms with E-state index < -0.39 is 0 Å². The van der Waals surface area contributed by atoms with Crippen molar-refractivity contribution in [1.82, 2.24) is 4.90 Å². The van der Waals surface area contributed by atoms with E-state index in [1.54, 1.807) is 0 Å². The number of phenolic OH excluding ortho intramolecular Hbond substituents is 1. The maximum Gasteiger partial charge on any atom is 0.120 e. The van der Waals surface area contributed by atoms with Crippen LogP contribution in [-0.4, -0.2) is 42.4 Å². The Morgan fingerprint density at radius 2 is 2.20 bits per heavy atom. The molecule has 1 aliphatic carbocycles. The highest BCUT2D eigenvalue weighted by molar-refractivity contribution is 5.51. The van der Waals surface area contributed by atoms with Crippen LogP contribution in [0, 0.1) is 6.92 Å². The third-order valence-corrected chi connectivity index (χ3v) is 4.76. The Hall–Kier alpha value is -1.10. The smallest absolute Gasteiger partial charge is 0.120 e. The van der Waals surface area contributed by atoms with E-state index in [2.05, 4.69) is 18.7 Å². The van der Waals surface area contributed by atoms with Gasteiger partial charge in [-0.25, -0.2) is 0 Å². The Morgan fingerprint density at radius 1 is 1.40 bits per heavy atom. The number of benzene rings is 1. The zero-order valence-corrected chi connectivity index (χ0v) is 12.3. The van der Waals surface area contributed by atoms with Gasteiger partial charge in [-0.3, -0.25) is 4.90 Å². The molecule has 4 nitrogen and oxygen atoms in total. The lowest BCUT2D eigenvalue weighted by Gasteiger charge is -2.37. The van der Waals surface area contributed by atoms with E-state index in [4.69, 9.17) is 10.5 Å². The fraction of sp³-hybridized carbons (Fsp3) is 0.625. The lowest BCUT2D eigenvalue weighted by Crippen LogP contribution is -2.46. The molecule has 1 aromatic carbocycles. The van der Waals surface area contributed by atoms with Crippen molar-refractivity contribution in [2.24, 2.45) is 5.73 Å². The highest BCUT2D eigenvalue weighted by Crippen LogP contribution is 2.48. The number of rotatable bonds is 2.